The minimum absolute atomic E-state index is 0.0903. The van der Waals surface area contributed by atoms with E-state index in [1.165, 1.54) is 0 Å². The Morgan fingerprint density at radius 1 is 1.25 bits per heavy atom. The van der Waals surface area contributed by atoms with Gasteiger partial charge in [0.15, 0.2) is 0 Å². The number of primary amides is 1. The first kappa shape index (κ1) is 16.2. The maximum absolute atomic E-state index is 12.9. The molecule has 2 N–H and O–H groups in total. The molecule has 0 unspecified atom stereocenters. The van der Waals surface area contributed by atoms with Crippen LogP contribution < -0.4 is 5.73 Å². The van der Waals surface area contributed by atoms with Crippen LogP contribution in [0.4, 0.5) is 0 Å². The van der Waals surface area contributed by atoms with E-state index in [0.29, 0.717) is 13.0 Å². The summed E-state index contributed by atoms with van der Waals surface area (Å²) in [6.07, 6.45) is 0.708. The van der Waals surface area contributed by atoms with Crippen LogP contribution in [-0.4, -0.2) is 32.5 Å². The third kappa shape index (κ3) is 2.79. The molecule has 6 heteroatoms. The number of aromatic nitrogens is 2. The van der Waals surface area contributed by atoms with Gasteiger partial charge in [-0.2, -0.15) is 5.10 Å². The van der Waals surface area contributed by atoms with E-state index in [1.54, 1.807) is 9.58 Å². The number of nitrogens with zero attached hydrogens (tertiary/aromatic N) is 3. The number of carbonyl (C=O) groups is 2. The zero-order chi connectivity index (χ0) is 17.4. The van der Waals surface area contributed by atoms with Crippen molar-refractivity contribution in [2.24, 2.45) is 12.8 Å². The van der Waals surface area contributed by atoms with E-state index >= 15 is 0 Å². The molecule has 0 fully saturated rings. The Hall–Kier alpha value is -2.63. The van der Waals surface area contributed by atoms with Crippen LogP contribution in [0, 0.1) is 13.8 Å². The van der Waals surface area contributed by atoms with Crippen LogP contribution >= 0.6 is 0 Å². The van der Waals surface area contributed by atoms with Crippen molar-refractivity contribution in [3.05, 3.63) is 52.3 Å². The fraction of sp³-hybridized carbons (Fsp3) is 0.389. The first-order chi connectivity index (χ1) is 11.4. The molecular formula is C18H22N4O2. The van der Waals surface area contributed by atoms with Crippen molar-refractivity contribution in [1.82, 2.24) is 14.7 Å². The molecule has 0 saturated carbocycles. The van der Waals surface area contributed by atoms with Gasteiger partial charge in [0, 0.05) is 31.3 Å². The molecule has 2 heterocycles. The van der Waals surface area contributed by atoms with Crippen molar-refractivity contribution < 1.29 is 9.59 Å². The Bertz CT molecular complexity index is 809. The molecular weight excluding hydrogens is 304 g/mol. The van der Waals surface area contributed by atoms with E-state index in [4.69, 9.17) is 5.73 Å². The summed E-state index contributed by atoms with van der Waals surface area (Å²) in [5, 5.41) is 4.35. The van der Waals surface area contributed by atoms with Crippen LogP contribution in [0.3, 0.4) is 0 Å². The summed E-state index contributed by atoms with van der Waals surface area (Å²) in [6.45, 7) is 4.26. The number of rotatable bonds is 3. The van der Waals surface area contributed by atoms with Crippen molar-refractivity contribution >= 4 is 11.8 Å². The van der Waals surface area contributed by atoms with Crippen LogP contribution in [0.25, 0.3) is 0 Å². The number of aryl methyl sites for hydroxylation is 2. The molecule has 0 aliphatic carbocycles. The van der Waals surface area contributed by atoms with E-state index < -0.39 is 11.9 Å². The van der Waals surface area contributed by atoms with Crippen LogP contribution in [0.5, 0.6) is 0 Å². The van der Waals surface area contributed by atoms with Crippen molar-refractivity contribution in [3.63, 3.8) is 0 Å². The second-order valence-corrected chi connectivity index (χ2v) is 6.36. The maximum Gasteiger partial charge on any atom is 0.240 e. The summed E-state index contributed by atoms with van der Waals surface area (Å²) in [5.41, 5.74) is 10.4. The number of amides is 2. The quantitative estimate of drug-likeness (QED) is 0.914. The summed E-state index contributed by atoms with van der Waals surface area (Å²) in [7, 11) is 1.86. The van der Waals surface area contributed by atoms with Crippen molar-refractivity contribution in [2.75, 3.05) is 0 Å². The molecule has 2 aromatic rings. The Morgan fingerprint density at radius 2 is 1.92 bits per heavy atom. The predicted octanol–water partition coefficient (Wildman–Crippen LogP) is 1.02. The van der Waals surface area contributed by atoms with Crippen molar-refractivity contribution in [3.8, 4) is 0 Å². The molecule has 24 heavy (non-hydrogen) atoms. The van der Waals surface area contributed by atoms with Crippen LogP contribution in [0.1, 0.15) is 28.1 Å². The van der Waals surface area contributed by atoms with Crippen LogP contribution in [-0.2, 0) is 36.0 Å². The van der Waals surface area contributed by atoms with Gasteiger partial charge in [-0.15, -0.1) is 0 Å². The van der Waals surface area contributed by atoms with Gasteiger partial charge in [-0.3, -0.25) is 14.3 Å². The Kier molecular flexibility index (Phi) is 4.13. The first-order valence-corrected chi connectivity index (χ1v) is 8.03. The second kappa shape index (κ2) is 6.11. The van der Waals surface area contributed by atoms with Gasteiger partial charge in [0.1, 0.15) is 6.04 Å². The van der Waals surface area contributed by atoms with Gasteiger partial charge in [-0.1, -0.05) is 24.3 Å². The highest BCUT2D eigenvalue weighted by Gasteiger charge is 2.33. The van der Waals surface area contributed by atoms with Gasteiger partial charge >= 0.3 is 0 Å². The van der Waals surface area contributed by atoms with E-state index in [9.17, 15) is 9.59 Å². The number of carbonyl (C=O) groups excluding carboxylic acids is 2. The molecule has 0 bridgehead atoms. The largest absolute Gasteiger partial charge is 0.368 e. The fourth-order valence-electron chi connectivity index (χ4n) is 3.37. The molecule has 1 aliphatic rings. The predicted molar refractivity (Wildman–Crippen MR) is 90.1 cm³/mol. The van der Waals surface area contributed by atoms with E-state index in [1.807, 2.05) is 45.2 Å². The fourth-order valence-corrected chi connectivity index (χ4v) is 3.37. The standard InChI is InChI=1S/C18H22N4O2/c1-11-15(12(2)21(3)20-11)9-17(23)22-10-14-7-5-4-6-13(14)8-16(22)18(19)24/h4-7,16H,8-10H2,1-3H3,(H2,19,24)/t16-/m0/s1. The average Bonchev–Trinajstić information content (AvgIpc) is 2.79. The van der Waals surface area contributed by atoms with Gasteiger partial charge in [0.2, 0.25) is 11.8 Å². The monoisotopic (exact) mass is 326 g/mol. The Labute approximate surface area is 141 Å². The third-order valence-electron chi connectivity index (χ3n) is 4.88. The first-order valence-electron chi connectivity index (χ1n) is 8.03. The highest BCUT2D eigenvalue weighted by molar-refractivity contribution is 5.88. The molecule has 3 rings (SSSR count). The smallest absolute Gasteiger partial charge is 0.240 e. The average molecular weight is 326 g/mol. The van der Waals surface area contributed by atoms with Crippen LogP contribution in [0.2, 0.25) is 0 Å². The molecule has 1 aliphatic heterocycles. The third-order valence-corrected chi connectivity index (χ3v) is 4.88. The molecule has 2 amide bonds. The Balaban J connectivity index is 1.88. The lowest BCUT2D eigenvalue weighted by Gasteiger charge is -2.35. The lowest BCUT2D eigenvalue weighted by molar-refractivity contribution is -0.140. The van der Waals surface area contributed by atoms with Crippen LogP contribution in [0.15, 0.2) is 24.3 Å². The van der Waals surface area contributed by atoms with Gasteiger partial charge in [0.05, 0.1) is 12.1 Å². The van der Waals surface area contributed by atoms with Gasteiger partial charge in [-0.05, 0) is 25.0 Å². The minimum Gasteiger partial charge on any atom is -0.368 e. The highest BCUT2D eigenvalue weighted by atomic mass is 16.2. The lowest BCUT2D eigenvalue weighted by atomic mass is 9.93. The summed E-state index contributed by atoms with van der Waals surface area (Å²) in [5.74, 6) is -0.551. The molecule has 0 radical (unpaired) electrons. The highest BCUT2D eigenvalue weighted by Crippen LogP contribution is 2.24. The molecule has 0 saturated heterocycles. The number of nitrogens with two attached hydrogens (primary N) is 1. The summed E-state index contributed by atoms with van der Waals surface area (Å²) in [6, 6.07) is 7.28. The molecule has 1 atom stereocenters. The second-order valence-electron chi connectivity index (χ2n) is 6.36. The summed E-state index contributed by atoms with van der Waals surface area (Å²) < 4.78 is 1.77. The zero-order valence-corrected chi connectivity index (χ0v) is 14.2. The number of hydrogen-bond acceptors (Lipinski definition) is 3. The number of fused-ring (bicyclic) bond motifs is 1. The topological polar surface area (TPSA) is 81.2 Å². The summed E-state index contributed by atoms with van der Waals surface area (Å²) in [4.78, 5) is 26.4. The lowest BCUT2D eigenvalue weighted by Crippen LogP contribution is -2.51. The zero-order valence-electron chi connectivity index (χ0n) is 14.2. The van der Waals surface area contributed by atoms with E-state index in [0.717, 1.165) is 28.1 Å². The number of benzene rings is 1. The van der Waals surface area contributed by atoms with E-state index in [-0.39, 0.29) is 12.3 Å². The van der Waals surface area contributed by atoms with Crippen molar-refractivity contribution in [1.29, 1.82) is 0 Å². The Morgan fingerprint density at radius 3 is 2.50 bits per heavy atom. The van der Waals surface area contributed by atoms with Gasteiger partial charge in [0.25, 0.3) is 0 Å². The minimum atomic E-state index is -0.593. The molecule has 1 aromatic heterocycles. The van der Waals surface area contributed by atoms with E-state index in [2.05, 4.69) is 5.10 Å². The summed E-state index contributed by atoms with van der Waals surface area (Å²) >= 11 is 0. The molecule has 0 spiro atoms. The molecule has 1 aromatic carbocycles. The molecule has 126 valence electrons. The van der Waals surface area contributed by atoms with Gasteiger partial charge in [-0.25, -0.2) is 0 Å². The maximum atomic E-state index is 12.9. The van der Waals surface area contributed by atoms with Crippen molar-refractivity contribution in [2.45, 2.75) is 39.3 Å². The molecule has 6 nitrogen and oxygen atoms in total. The SMILES string of the molecule is Cc1nn(C)c(C)c1CC(=O)N1Cc2ccccc2C[C@H]1C(N)=O. The number of hydrogen-bond donors (Lipinski definition) is 1. The van der Waals surface area contributed by atoms with Gasteiger partial charge < -0.3 is 10.6 Å². The normalized spacial score (nSPS) is 16.8.